The number of alkyl halides is 8. The third-order valence-corrected chi connectivity index (χ3v) is 14.5. The number of carbonyl (C=O) groups is 2. The summed E-state index contributed by atoms with van der Waals surface area (Å²) in [6, 6.07) is 0. The van der Waals surface area contributed by atoms with Crippen LogP contribution >= 0.6 is 139 Å². The predicted octanol–water partition coefficient (Wildman–Crippen LogP) is 7.76. The van der Waals surface area contributed by atoms with Crippen molar-refractivity contribution in [3.8, 4) is 0 Å². The molecule has 0 heterocycles. The van der Waals surface area contributed by atoms with Crippen LogP contribution in [-0.2, 0) is 14.3 Å². The van der Waals surface area contributed by atoms with Gasteiger partial charge in [-0.2, -0.15) is 0 Å². The quantitative estimate of drug-likeness (QED) is 0.171. The van der Waals surface area contributed by atoms with Gasteiger partial charge in [0.1, 0.15) is 20.6 Å². The second-order valence-electron chi connectivity index (χ2n) is 7.80. The van der Waals surface area contributed by atoms with Crippen LogP contribution in [0.4, 0.5) is 0 Å². The van der Waals surface area contributed by atoms with E-state index in [4.69, 9.17) is 144 Å². The van der Waals surface area contributed by atoms with Gasteiger partial charge in [0.2, 0.25) is 0 Å². The van der Waals surface area contributed by atoms with Crippen LogP contribution in [0.3, 0.4) is 0 Å². The SMILES string of the molecule is O=C(OC(=O)C12CC(Cl)(C(Cl)=C1Cl)C(Cl)(Cl)C2Cl)C12CC(Cl)(C(Cl)=C1Cl)C(Cl)(Cl)C2Cl. The summed E-state index contributed by atoms with van der Waals surface area (Å²) in [5, 5.41) is -3.64. The van der Waals surface area contributed by atoms with E-state index in [0.29, 0.717) is 0 Å². The molecule has 0 radical (unpaired) electrons. The van der Waals surface area contributed by atoms with Gasteiger partial charge in [0.15, 0.2) is 8.67 Å². The predicted molar refractivity (Wildman–Crippen MR) is 128 cm³/mol. The van der Waals surface area contributed by atoms with Gasteiger partial charge >= 0.3 is 11.9 Å². The number of rotatable bonds is 2. The number of fused-ring (bicyclic) bond motifs is 4. The number of halogens is 12. The van der Waals surface area contributed by atoms with E-state index in [-0.39, 0.29) is 33.0 Å². The van der Waals surface area contributed by atoms with Gasteiger partial charge in [0.05, 0.1) is 30.9 Å². The zero-order valence-corrected chi connectivity index (χ0v) is 23.4. The highest BCUT2D eigenvalue weighted by Gasteiger charge is 2.81. The summed E-state index contributed by atoms with van der Waals surface area (Å²) in [5.74, 6) is -2.42. The first kappa shape index (κ1) is 26.2. The van der Waals surface area contributed by atoms with E-state index in [0.717, 1.165) is 0 Å². The van der Waals surface area contributed by atoms with Crippen molar-refractivity contribution in [1.82, 2.24) is 0 Å². The zero-order chi connectivity index (χ0) is 23.7. The van der Waals surface area contributed by atoms with E-state index in [9.17, 15) is 9.59 Å². The Bertz CT molecular complexity index is 928. The maximum atomic E-state index is 13.3. The average Bonchev–Trinajstić information content (AvgIpc) is 3.17. The van der Waals surface area contributed by atoms with Gasteiger partial charge in [-0.1, -0.05) is 92.8 Å². The molecule has 4 aliphatic carbocycles. The fraction of sp³-hybridized carbons (Fsp3) is 0.625. The molecule has 0 amide bonds. The van der Waals surface area contributed by atoms with Gasteiger partial charge in [-0.05, 0) is 12.8 Å². The van der Waals surface area contributed by atoms with Crippen LogP contribution in [0, 0.1) is 10.8 Å². The number of esters is 2. The van der Waals surface area contributed by atoms with Crippen molar-refractivity contribution in [3.63, 3.8) is 0 Å². The molecular weight excluding hydrogens is 666 g/mol. The average molecular weight is 672 g/mol. The van der Waals surface area contributed by atoms with Crippen molar-refractivity contribution in [2.75, 3.05) is 0 Å². The molecule has 0 aromatic rings. The van der Waals surface area contributed by atoms with Gasteiger partial charge < -0.3 is 4.74 Å². The van der Waals surface area contributed by atoms with Gasteiger partial charge in [-0.25, -0.2) is 0 Å². The summed E-state index contributed by atoms with van der Waals surface area (Å²) in [5.41, 5.74) is -3.82. The lowest BCUT2D eigenvalue weighted by atomic mass is 9.85. The Kier molecular flexibility index (Phi) is 6.18. The molecule has 172 valence electrons. The summed E-state index contributed by atoms with van der Waals surface area (Å²) in [6.07, 6.45) is -0.634. The molecule has 4 aliphatic rings. The van der Waals surface area contributed by atoms with Gasteiger partial charge in [-0.3, -0.25) is 9.59 Å². The lowest BCUT2D eigenvalue weighted by Crippen LogP contribution is -2.51. The van der Waals surface area contributed by atoms with Crippen molar-refractivity contribution in [2.45, 2.75) is 42.0 Å². The molecule has 0 saturated heterocycles. The minimum Gasteiger partial charge on any atom is -0.392 e. The maximum Gasteiger partial charge on any atom is 0.326 e. The van der Waals surface area contributed by atoms with Gasteiger partial charge in [0, 0.05) is 0 Å². The molecule has 4 rings (SSSR count). The number of hydrogen-bond acceptors (Lipinski definition) is 3. The third kappa shape index (κ3) is 2.68. The van der Waals surface area contributed by atoms with E-state index in [1.807, 2.05) is 0 Å². The monoisotopic (exact) mass is 666 g/mol. The largest absolute Gasteiger partial charge is 0.392 e. The fourth-order valence-corrected chi connectivity index (χ4v) is 9.82. The first-order valence-corrected chi connectivity index (χ1v) is 12.9. The highest BCUT2D eigenvalue weighted by atomic mass is 35.5. The molecule has 31 heavy (non-hydrogen) atoms. The number of carbonyl (C=O) groups excluding carboxylic acids is 2. The van der Waals surface area contributed by atoms with Crippen LogP contribution in [0.15, 0.2) is 20.1 Å². The van der Waals surface area contributed by atoms with Crippen molar-refractivity contribution in [1.29, 1.82) is 0 Å². The molecule has 0 aromatic heterocycles. The van der Waals surface area contributed by atoms with E-state index in [1.165, 1.54) is 0 Å². The van der Waals surface area contributed by atoms with E-state index in [1.54, 1.807) is 0 Å². The van der Waals surface area contributed by atoms with Crippen molar-refractivity contribution >= 4 is 151 Å². The van der Waals surface area contributed by atoms with E-state index < -0.39 is 51.9 Å². The number of hydrogen-bond donors (Lipinski definition) is 0. The molecule has 2 fully saturated rings. The molecule has 6 unspecified atom stereocenters. The molecule has 0 aliphatic heterocycles. The Morgan fingerprint density at radius 2 is 0.935 bits per heavy atom. The summed E-state index contributed by atoms with van der Waals surface area (Å²) < 4.78 is 1.35. The van der Waals surface area contributed by atoms with Crippen LogP contribution in [0.2, 0.25) is 0 Å². The van der Waals surface area contributed by atoms with E-state index >= 15 is 0 Å². The minimum atomic E-state index is -1.91. The summed E-state index contributed by atoms with van der Waals surface area (Å²) >= 11 is 76.0. The van der Waals surface area contributed by atoms with Gasteiger partial charge in [-0.15, -0.1) is 46.4 Å². The van der Waals surface area contributed by atoms with Crippen LogP contribution in [0.1, 0.15) is 12.8 Å². The number of ether oxygens (including phenoxy) is 1. The van der Waals surface area contributed by atoms with Gasteiger partial charge in [0.25, 0.3) is 0 Å². The summed E-state index contributed by atoms with van der Waals surface area (Å²) in [7, 11) is 0. The smallest absolute Gasteiger partial charge is 0.326 e. The topological polar surface area (TPSA) is 43.4 Å². The third-order valence-electron chi connectivity index (χ3n) is 6.38. The molecule has 0 N–H and O–H groups in total. The Hall–Kier alpha value is 2.10. The van der Waals surface area contributed by atoms with E-state index in [2.05, 4.69) is 0 Å². The Morgan fingerprint density at radius 1 is 0.645 bits per heavy atom. The minimum absolute atomic E-state index is 0.182. The molecule has 3 nitrogen and oxygen atoms in total. The standard InChI is InChI=1S/C16H6Cl12O3/c17-3-5(19)13(23)1-11(3,7(21)15(13,25)26)9(29)31-10(30)12-2-14(24,6(20)4(12)18)16(27,28)8(12)22/h7-8H,1-2H2. The molecule has 2 saturated carbocycles. The first-order chi connectivity index (χ1) is 13.9. The molecule has 6 atom stereocenters. The van der Waals surface area contributed by atoms with Crippen molar-refractivity contribution in [2.24, 2.45) is 10.8 Å². The molecule has 4 bridgehead atoms. The lowest BCUT2D eigenvalue weighted by Gasteiger charge is -2.39. The zero-order valence-electron chi connectivity index (χ0n) is 14.3. The van der Waals surface area contributed by atoms with Crippen LogP contribution in [0.25, 0.3) is 0 Å². The second-order valence-corrected chi connectivity index (χ2v) is 14.2. The fourth-order valence-electron chi connectivity index (χ4n) is 4.57. The maximum absolute atomic E-state index is 13.3. The second kappa shape index (κ2) is 7.33. The Labute approximate surface area is 236 Å². The molecule has 0 spiro atoms. The molecule has 15 heteroatoms. The Morgan fingerprint density at radius 3 is 1.23 bits per heavy atom. The van der Waals surface area contributed by atoms with Crippen LogP contribution in [0.5, 0.6) is 0 Å². The molecular formula is C16H6Cl12O3. The normalized spacial score (nSPS) is 46.8. The summed E-state index contributed by atoms with van der Waals surface area (Å²) in [6.45, 7) is 0. The lowest BCUT2D eigenvalue weighted by molar-refractivity contribution is -0.170. The number of allylic oxidation sites excluding steroid dienone is 2. The van der Waals surface area contributed by atoms with Crippen LogP contribution < -0.4 is 0 Å². The van der Waals surface area contributed by atoms with Crippen LogP contribution in [-0.4, -0.2) is 41.1 Å². The summed E-state index contributed by atoms with van der Waals surface area (Å²) in [4.78, 5) is 23.2. The highest BCUT2D eigenvalue weighted by Crippen LogP contribution is 2.75. The molecule has 0 aromatic carbocycles. The highest BCUT2D eigenvalue weighted by molar-refractivity contribution is 6.63. The van der Waals surface area contributed by atoms with Crippen molar-refractivity contribution < 1.29 is 14.3 Å². The Balaban J connectivity index is 1.74. The van der Waals surface area contributed by atoms with Crippen molar-refractivity contribution in [3.05, 3.63) is 20.1 Å². The first-order valence-electron chi connectivity index (χ1n) is 8.21.